The summed E-state index contributed by atoms with van der Waals surface area (Å²) in [4.78, 5) is 16.6. The zero-order valence-electron chi connectivity index (χ0n) is 15.9. The zero-order valence-corrected chi connectivity index (χ0v) is 17.4. The molecule has 4 nitrogen and oxygen atoms in total. The van der Waals surface area contributed by atoms with Crippen LogP contribution in [0.5, 0.6) is 0 Å². The zero-order chi connectivity index (χ0) is 19.5. The average Bonchev–Trinajstić information content (AvgIpc) is 2.70. The van der Waals surface area contributed by atoms with Gasteiger partial charge in [-0.1, -0.05) is 29.8 Å². The first-order valence-electron chi connectivity index (χ1n) is 9.62. The Kier molecular flexibility index (Phi) is 6.07. The van der Waals surface area contributed by atoms with Crippen molar-refractivity contribution in [3.63, 3.8) is 0 Å². The molecule has 0 amide bonds. The number of aromatic nitrogens is 1. The van der Waals surface area contributed by atoms with Crippen molar-refractivity contribution in [3.05, 3.63) is 63.9 Å². The molecular formula is C22H24ClN3OS. The molecule has 1 aromatic heterocycles. The number of piperidine rings is 1. The molecule has 0 atom stereocenters. The van der Waals surface area contributed by atoms with E-state index in [1.165, 1.54) is 17.7 Å². The van der Waals surface area contributed by atoms with Crippen LogP contribution in [0.4, 0.5) is 0 Å². The monoisotopic (exact) mass is 413 g/mol. The smallest absolute Gasteiger partial charge is 0.256 e. The van der Waals surface area contributed by atoms with Gasteiger partial charge in [-0.2, -0.15) is 0 Å². The fourth-order valence-corrected chi connectivity index (χ4v) is 4.88. The van der Waals surface area contributed by atoms with Gasteiger partial charge in [0.25, 0.3) is 5.56 Å². The topological polar surface area (TPSA) is 48.1 Å². The van der Waals surface area contributed by atoms with E-state index in [2.05, 4.69) is 45.9 Å². The highest BCUT2D eigenvalue weighted by Crippen LogP contribution is 2.28. The van der Waals surface area contributed by atoms with Crippen molar-refractivity contribution in [3.8, 4) is 11.3 Å². The van der Waals surface area contributed by atoms with Crippen molar-refractivity contribution in [2.75, 3.05) is 26.7 Å². The molecule has 1 fully saturated rings. The van der Waals surface area contributed by atoms with Crippen LogP contribution in [0.15, 0.2) is 58.2 Å². The second kappa shape index (κ2) is 8.70. The van der Waals surface area contributed by atoms with Crippen molar-refractivity contribution < 1.29 is 0 Å². The van der Waals surface area contributed by atoms with Crippen LogP contribution in [0.25, 0.3) is 22.0 Å². The standard InChI is InChI=1S/C22H24ClN3OS/c1-26(14-15-9-11-24-12-10-15)28-17-7-5-16(6-8-17)21-13-19-18(22(27)25-21)3-2-4-20(19)23/h2-8,13,15,24H,9-12,14H2,1H3,(H,25,27). The highest BCUT2D eigenvalue weighted by atomic mass is 35.5. The first kappa shape index (κ1) is 19.5. The molecule has 0 saturated carbocycles. The highest BCUT2D eigenvalue weighted by Gasteiger charge is 2.15. The van der Waals surface area contributed by atoms with Crippen LogP contribution in [0, 0.1) is 5.92 Å². The number of nitrogens with zero attached hydrogens (tertiary/aromatic N) is 1. The molecule has 2 N–H and O–H groups in total. The van der Waals surface area contributed by atoms with E-state index >= 15 is 0 Å². The number of pyridine rings is 1. The highest BCUT2D eigenvalue weighted by molar-refractivity contribution is 7.97. The lowest BCUT2D eigenvalue weighted by atomic mass is 9.98. The van der Waals surface area contributed by atoms with Crippen molar-refractivity contribution >= 4 is 34.3 Å². The van der Waals surface area contributed by atoms with Gasteiger partial charge >= 0.3 is 0 Å². The van der Waals surface area contributed by atoms with Crippen LogP contribution in [0.2, 0.25) is 5.02 Å². The Labute approximate surface area is 174 Å². The SMILES string of the molecule is CN(CC1CCNCC1)Sc1ccc(-c2cc3c(Cl)cccc3c(=O)[nH]2)cc1. The van der Waals surface area contributed by atoms with Gasteiger partial charge in [0, 0.05) is 32.9 Å². The summed E-state index contributed by atoms with van der Waals surface area (Å²) in [6.45, 7) is 3.36. The summed E-state index contributed by atoms with van der Waals surface area (Å²) in [5, 5.41) is 5.41. The van der Waals surface area contributed by atoms with Gasteiger partial charge in [-0.25, -0.2) is 4.31 Å². The van der Waals surface area contributed by atoms with Gasteiger partial charge in [0.1, 0.15) is 0 Å². The van der Waals surface area contributed by atoms with Crippen LogP contribution < -0.4 is 10.9 Å². The minimum atomic E-state index is -0.116. The molecule has 0 spiro atoms. The molecule has 4 rings (SSSR count). The first-order valence-corrected chi connectivity index (χ1v) is 10.8. The number of nitrogens with one attached hydrogen (secondary N) is 2. The Hall–Kier alpha value is -1.79. The predicted molar refractivity (Wildman–Crippen MR) is 119 cm³/mol. The Morgan fingerprint density at radius 3 is 2.61 bits per heavy atom. The van der Waals surface area contributed by atoms with Gasteiger partial charge < -0.3 is 10.3 Å². The van der Waals surface area contributed by atoms with Crippen molar-refractivity contribution in [2.24, 2.45) is 5.92 Å². The number of fused-ring (bicyclic) bond motifs is 1. The summed E-state index contributed by atoms with van der Waals surface area (Å²) in [5.74, 6) is 0.769. The lowest BCUT2D eigenvalue weighted by Crippen LogP contribution is -2.32. The summed E-state index contributed by atoms with van der Waals surface area (Å²) in [7, 11) is 2.16. The minimum absolute atomic E-state index is 0.116. The number of aromatic amines is 1. The third-order valence-electron chi connectivity index (χ3n) is 5.24. The van der Waals surface area contributed by atoms with Gasteiger partial charge in [0.15, 0.2) is 0 Å². The predicted octanol–water partition coefficient (Wildman–Crippen LogP) is 4.79. The molecule has 0 aliphatic carbocycles. The fraction of sp³-hybridized carbons (Fsp3) is 0.318. The first-order chi connectivity index (χ1) is 13.6. The molecule has 2 heterocycles. The van der Waals surface area contributed by atoms with Crippen LogP contribution in [0.3, 0.4) is 0 Å². The molecule has 2 aromatic carbocycles. The average molecular weight is 414 g/mol. The van der Waals surface area contributed by atoms with Gasteiger partial charge in [-0.3, -0.25) is 4.79 Å². The van der Waals surface area contributed by atoms with E-state index in [9.17, 15) is 4.79 Å². The van der Waals surface area contributed by atoms with Crippen LogP contribution in [0.1, 0.15) is 12.8 Å². The second-order valence-corrected chi connectivity index (χ2v) is 9.02. The maximum atomic E-state index is 12.4. The molecule has 1 saturated heterocycles. The number of rotatable bonds is 5. The molecule has 1 aliphatic rings. The Morgan fingerprint density at radius 1 is 1.11 bits per heavy atom. The van der Waals surface area contributed by atoms with E-state index in [4.69, 9.17) is 11.6 Å². The fourth-order valence-electron chi connectivity index (χ4n) is 3.75. The second-order valence-electron chi connectivity index (χ2n) is 7.33. The number of benzene rings is 2. The molecule has 1 aliphatic heterocycles. The quantitative estimate of drug-likeness (QED) is 0.590. The largest absolute Gasteiger partial charge is 0.321 e. The lowest BCUT2D eigenvalue weighted by molar-refractivity contribution is 0.323. The Bertz CT molecular complexity index is 1010. The summed E-state index contributed by atoms with van der Waals surface area (Å²) in [6, 6.07) is 15.7. The summed E-state index contributed by atoms with van der Waals surface area (Å²) < 4.78 is 2.32. The molecule has 0 bridgehead atoms. The van der Waals surface area contributed by atoms with E-state index in [0.29, 0.717) is 10.4 Å². The van der Waals surface area contributed by atoms with Gasteiger partial charge in [-0.15, -0.1) is 0 Å². The maximum Gasteiger partial charge on any atom is 0.256 e. The molecule has 3 aromatic rings. The molecule has 6 heteroatoms. The third-order valence-corrected chi connectivity index (χ3v) is 6.51. The van der Waals surface area contributed by atoms with Gasteiger partial charge in [0.2, 0.25) is 0 Å². The number of H-pyrrole nitrogens is 1. The van der Waals surface area contributed by atoms with Crippen LogP contribution in [-0.2, 0) is 0 Å². The maximum absolute atomic E-state index is 12.4. The van der Waals surface area contributed by atoms with Crippen molar-refractivity contribution in [1.29, 1.82) is 0 Å². The van der Waals surface area contributed by atoms with Crippen LogP contribution in [-0.4, -0.2) is 36.0 Å². The van der Waals surface area contributed by atoms with Crippen molar-refractivity contribution in [1.82, 2.24) is 14.6 Å². The third kappa shape index (κ3) is 4.44. The lowest BCUT2D eigenvalue weighted by Gasteiger charge is -2.26. The number of hydrogen-bond donors (Lipinski definition) is 2. The van der Waals surface area contributed by atoms with Gasteiger partial charge in [0.05, 0.1) is 0 Å². The summed E-state index contributed by atoms with van der Waals surface area (Å²) in [5.41, 5.74) is 1.64. The van der Waals surface area contributed by atoms with E-state index in [1.807, 2.05) is 12.1 Å². The van der Waals surface area contributed by atoms with Gasteiger partial charge in [-0.05, 0) is 86.7 Å². The van der Waals surface area contributed by atoms with Crippen molar-refractivity contribution in [2.45, 2.75) is 17.7 Å². The van der Waals surface area contributed by atoms with E-state index < -0.39 is 0 Å². The molecule has 0 radical (unpaired) electrons. The summed E-state index contributed by atoms with van der Waals surface area (Å²) >= 11 is 8.05. The normalized spacial score (nSPS) is 15.4. The van der Waals surface area contributed by atoms with E-state index in [1.54, 1.807) is 24.1 Å². The number of hydrogen-bond acceptors (Lipinski definition) is 4. The number of halogens is 1. The van der Waals surface area contributed by atoms with E-state index in [-0.39, 0.29) is 5.56 Å². The van der Waals surface area contributed by atoms with E-state index in [0.717, 1.165) is 42.2 Å². The molecular weight excluding hydrogens is 390 g/mol. The minimum Gasteiger partial charge on any atom is -0.321 e. The molecule has 146 valence electrons. The Morgan fingerprint density at radius 2 is 1.86 bits per heavy atom. The summed E-state index contributed by atoms with van der Waals surface area (Å²) in [6.07, 6.45) is 2.50. The van der Waals surface area contributed by atoms with Crippen LogP contribution >= 0.6 is 23.5 Å². The molecule has 28 heavy (non-hydrogen) atoms. The molecule has 0 unspecified atom stereocenters. The Balaban J connectivity index is 1.49.